The van der Waals surface area contributed by atoms with Crippen LogP contribution in [-0.4, -0.2) is 42.8 Å². The second kappa shape index (κ2) is 6.55. The number of ether oxygens (including phenoxy) is 1. The minimum atomic E-state index is -0.501. The summed E-state index contributed by atoms with van der Waals surface area (Å²) in [5, 5.41) is 9.46. The van der Waals surface area contributed by atoms with Crippen LogP contribution in [-0.2, 0) is 4.74 Å². The predicted molar refractivity (Wildman–Crippen MR) is 90.6 cm³/mol. The van der Waals surface area contributed by atoms with Gasteiger partial charge in [0.05, 0.1) is 22.0 Å². The highest BCUT2D eigenvalue weighted by molar-refractivity contribution is 6.33. The molecule has 0 aromatic heterocycles. The third kappa shape index (κ3) is 4.20. The number of carbonyl (C=O) groups excluding carboxylic acids is 1. The van der Waals surface area contributed by atoms with E-state index in [-0.39, 0.29) is 6.09 Å². The number of carbonyl (C=O) groups is 1. The number of nitrogens with zero attached hydrogens (tertiary/aromatic N) is 3. The van der Waals surface area contributed by atoms with Crippen molar-refractivity contribution in [3.05, 3.63) is 22.7 Å². The van der Waals surface area contributed by atoms with Gasteiger partial charge in [-0.2, -0.15) is 5.26 Å². The maximum Gasteiger partial charge on any atom is 0.410 e. The minimum Gasteiger partial charge on any atom is -0.444 e. The molecule has 0 saturated carbocycles. The van der Waals surface area contributed by atoms with Crippen molar-refractivity contribution in [3.8, 4) is 6.07 Å². The number of hydrogen-bond donors (Lipinski definition) is 1. The van der Waals surface area contributed by atoms with Crippen LogP contribution in [0.5, 0.6) is 0 Å². The van der Waals surface area contributed by atoms with Crippen molar-refractivity contribution >= 4 is 29.1 Å². The highest BCUT2D eigenvalue weighted by atomic mass is 35.5. The Balaban J connectivity index is 2.04. The molecule has 0 radical (unpaired) electrons. The monoisotopic (exact) mass is 336 g/mol. The zero-order valence-electron chi connectivity index (χ0n) is 13.6. The van der Waals surface area contributed by atoms with Gasteiger partial charge in [-0.05, 0) is 32.9 Å². The first kappa shape index (κ1) is 17.2. The van der Waals surface area contributed by atoms with Crippen molar-refractivity contribution in [3.63, 3.8) is 0 Å². The Morgan fingerprint density at radius 1 is 1.30 bits per heavy atom. The van der Waals surface area contributed by atoms with Gasteiger partial charge in [0.1, 0.15) is 11.7 Å². The lowest BCUT2D eigenvalue weighted by molar-refractivity contribution is 0.0240. The highest BCUT2D eigenvalue weighted by Gasteiger charge is 2.26. The van der Waals surface area contributed by atoms with Crippen LogP contribution < -0.4 is 10.6 Å². The summed E-state index contributed by atoms with van der Waals surface area (Å²) in [5.41, 5.74) is 6.91. The first-order valence-corrected chi connectivity index (χ1v) is 7.81. The lowest BCUT2D eigenvalue weighted by Gasteiger charge is -2.37. The Morgan fingerprint density at radius 3 is 2.43 bits per heavy atom. The maximum absolute atomic E-state index is 12.1. The first-order chi connectivity index (χ1) is 10.7. The molecule has 1 aliphatic heterocycles. The van der Waals surface area contributed by atoms with Crippen molar-refractivity contribution < 1.29 is 9.53 Å². The van der Waals surface area contributed by atoms with Crippen molar-refractivity contribution in [2.24, 2.45) is 0 Å². The molecular formula is C16H21ClN4O2. The molecule has 0 aliphatic carbocycles. The molecule has 1 fully saturated rings. The van der Waals surface area contributed by atoms with E-state index in [1.54, 1.807) is 17.0 Å². The third-order valence-electron chi connectivity index (χ3n) is 3.51. The van der Waals surface area contributed by atoms with Crippen molar-refractivity contribution in [1.82, 2.24) is 4.90 Å². The molecular weight excluding hydrogens is 316 g/mol. The van der Waals surface area contributed by atoms with Crippen LogP contribution in [0.25, 0.3) is 0 Å². The van der Waals surface area contributed by atoms with Crippen LogP contribution in [0.2, 0.25) is 5.02 Å². The van der Waals surface area contributed by atoms with E-state index in [4.69, 9.17) is 27.3 Å². The molecule has 1 heterocycles. The van der Waals surface area contributed by atoms with E-state index in [9.17, 15) is 4.79 Å². The fourth-order valence-corrected chi connectivity index (χ4v) is 2.66. The van der Waals surface area contributed by atoms with Gasteiger partial charge in [-0.3, -0.25) is 0 Å². The van der Waals surface area contributed by atoms with Crippen LogP contribution in [0.1, 0.15) is 26.3 Å². The number of hydrogen-bond acceptors (Lipinski definition) is 5. The molecule has 0 unspecified atom stereocenters. The lowest BCUT2D eigenvalue weighted by atomic mass is 10.1. The van der Waals surface area contributed by atoms with Crippen molar-refractivity contribution in [2.45, 2.75) is 26.4 Å². The van der Waals surface area contributed by atoms with Gasteiger partial charge in [-0.1, -0.05) is 11.6 Å². The zero-order valence-corrected chi connectivity index (χ0v) is 14.4. The Morgan fingerprint density at radius 2 is 1.91 bits per heavy atom. The Hall–Kier alpha value is -2.13. The van der Waals surface area contributed by atoms with Crippen LogP contribution in [0, 0.1) is 11.3 Å². The normalized spacial score (nSPS) is 15.3. The summed E-state index contributed by atoms with van der Waals surface area (Å²) in [7, 11) is 0. The summed E-state index contributed by atoms with van der Waals surface area (Å²) in [6, 6.07) is 5.30. The SMILES string of the molecule is CC(C)(C)OC(=O)N1CCN(c2cc(N)c(C#N)cc2Cl)CC1. The number of nitrogen functional groups attached to an aromatic ring is 1. The van der Waals surface area contributed by atoms with Gasteiger partial charge in [-0.15, -0.1) is 0 Å². The summed E-state index contributed by atoms with van der Waals surface area (Å²) >= 11 is 6.25. The molecule has 6 nitrogen and oxygen atoms in total. The average Bonchev–Trinajstić information content (AvgIpc) is 2.47. The standard InChI is InChI=1S/C16H21ClN4O2/c1-16(2,3)23-15(22)21-6-4-20(5-7-21)14-9-13(19)11(10-18)8-12(14)17/h8-9H,4-7,19H2,1-3H3. The molecule has 0 spiro atoms. The quantitative estimate of drug-likeness (QED) is 0.797. The van der Waals surface area contributed by atoms with Gasteiger partial charge in [-0.25, -0.2) is 4.79 Å². The van der Waals surface area contributed by atoms with Crippen LogP contribution >= 0.6 is 11.6 Å². The summed E-state index contributed by atoms with van der Waals surface area (Å²) in [5.74, 6) is 0. The van der Waals surface area contributed by atoms with Gasteiger partial charge in [0, 0.05) is 26.2 Å². The summed E-state index contributed by atoms with van der Waals surface area (Å²) in [6.45, 7) is 7.90. The van der Waals surface area contributed by atoms with Crippen LogP contribution in [0.4, 0.5) is 16.2 Å². The van der Waals surface area contributed by atoms with Gasteiger partial charge in [0.15, 0.2) is 0 Å². The molecule has 2 rings (SSSR count). The molecule has 1 aliphatic rings. The number of rotatable bonds is 1. The smallest absolute Gasteiger partial charge is 0.410 e. The van der Waals surface area contributed by atoms with Gasteiger partial charge in [0.2, 0.25) is 0 Å². The molecule has 0 bridgehead atoms. The zero-order chi connectivity index (χ0) is 17.2. The third-order valence-corrected chi connectivity index (χ3v) is 3.81. The molecule has 7 heteroatoms. The van der Waals surface area contributed by atoms with Crippen LogP contribution in [0.15, 0.2) is 12.1 Å². The number of benzene rings is 1. The van der Waals surface area contributed by atoms with E-state index in [1.165, 1.54) is 0 Å². The predicted octanol–water partition coefficient (Wildman–Crippen LogP) is 2.85. The Labute approximate surface area is 141 Å². The number of anilines is 2. The molecule has 1 amide bonds. The second-order valence-corrected chi connectivity index (χ2v) is 6.86. The van der Waals surface area contributed by atoms with E-state index in [0.717, 1.165) is 5.69 Å². The lowest BCUT2D eigenvalue weighted by Crippen LogP contribution is -2.50. The van der Waals surface area contributed by atoms with Crippen LogP contribution in [0.3, 0.4) is 0 Å². The summed E-state index contributed by atoms with van der Waals surface area (Å²) in [6.07, 6.45) is -0.303. The number of nitriles is 1. The summed E-state index contributed by atoms with van der Waals surface area (Å²) in [4.78, 5) is 15.8. The van der Waals surface area contributed by atoms with Gasteiger partial charge in [0.25, 0.3) is 0 Å². The first-order valence-electron chi connectivity index (χ1n) is 7.43. The van der Waals surface area contributed by atoms with Crippen molar-refractivity contribution in [2.75, 3.05) is 36.8 Å². The number of piperazine rings is 1. The second-order valence-electron chi connectivity index (χ2n) is 6.46. The largest absolute Gasteiger partial charge is 0.444 e. The Bertz CT molecular complexity index is 641. The highest BCUT2D eigenvalue weighted by Crippen LogP contribution is 2.31. The molecule has 1 aromatic carbocycles. The molecule has 1 saturated heterocycles. The Kier molecular flexibility index (Phi) is 4.90. The fraction of sp³-hybridized carbons (Fsp3) is 0.500. The van der Waals surface area contributed by atoms with E-state index >= 15 is 0 Å². The van der Waals surface area contributed by atoms with Crippen molar-refractivity contribution in [1.29, 1.82) is 5.26 Å². The van der Waals surface area contributed by atoms with Gasteiger partial charge < -0.3 is 20.3 Å². The minimum absolute atomic E-state index is 0.303. The molecule has 2 N–H and O–H groups in total. The molecule has 124 valence electrons. The molecule has 23 heavy (non-hydrogen) atoms. The fourth-order valence-electron chi connectivity index (χ4n) is 2.37. The topological polar surface area (TPSA) is 82.6 Å². The van der Waals surface area contributed by atoms with Gasteiger partial charge >= 0.3 is 6.09 Å². The van der Waals surface area contributed by atoms with E-state index in [2.05, 4.69) is 4.90 Å². The molecule has 1 aromatic rings. The number of halogens is 1. The molecule has 0 atom stereocenters. The number of amides is 1. The van der Waals surface area contributed by atoms with E-state index in [0.29, 0.717) is 42.5 Å². The maximum atomic E-state index is 12.1. The van der Waals surface area contributed by atoms with E-state index in [1.807, 2.05) is 26.8 Å². The van der Waals surface area contributed by atoms with E-state index < -0.39 is 5.60 Å². The average molecular weight is 337 g/mol. The summed E-state index contributed by atoms with van der Waals surface area (Å²) < 4.78 is 5.38. The number of nitrogens with two attached hydrogens (primary N) is 1.